The van der Waals surface area contributed by atoms with Gasteiger partial charge in [0.1, 0.15) is 0 Å². The number of nitrogens with zero attached hydrogens (tertiary/aromatic N) is 1. The summed E-state index contributed by atoms with van der Waals surface area (Å²) in [7, 11) is -3.35. The number of hydrogen-bond acceptors (Lipinski definition) is 3. The molecule has 100 valence electrons. The molecule has 4 nitrogen and oxygen atoms in total. The van der Waals surface area contributed by atoms with E-state index in [1.54, 1.807) is 12.1 Å². The summed E-state index contributed by atoms with van der Waals surface area (Å²) in [6.07, 6.45) is 0. The minimum Gasteiger partial charge on any atom is -0.379 e. The Morgan fingerprint density at radius 2 is 1.78 bits per heavy atom. The van der Waals surface area contributed by atoms with Crippen LogP contribution < -0.4 is 0 Å². The van der Waals surface area contributed by atoms with Gasteiger partial charge in [0.05, 0.1) is 18.1 Å². The second-order valence-electron chi connectivity index (χ2n) is 4.20. The van der Waals surface area contributed by atoms with Crippen LogP contribution in [0.1, 0.15) is 16.4 Å². The zero-order valence-corrected chi connectivity index (χ0v) is 13.1. The Balaban J connectivity index is 2.23. The Labute approximate surface area is 122 Å². The minimum absolute atomic E-state index is 0.366. The van der Waals surface area contributed by atoms with E-state index >= 15 is 0 Å². The number of ether oxygens (including phenoxy) is 1. The fourth-order valence-corrected chi connectivity index (χ4v) is 3.66. The number of morpholine rings is 1. The van der Waals surface area contributed by atoms with Gasteiger partial charge in [-0.1, -0.05) is 34.7 Å². The molecule has 1 saturated heterocycles. The van der Waals surface area contributed by atoms with Gasteiger partial charge in [-0.2, -0.15) is 4.31 Å². The van der Waals surface area contributed by atoms with Gasteiger partial charge in [-0.15, -0.1) is 0 Å². The number of halogens is 1. The maximum atomic E-state index is 12.3. The van der Waals surface area contributed by atoms with E-state index in [2.05, 4.69) is 29.5 Å². The van der Waals surface area contributed by atoms with Crippen molar-refractivity contribution in [3.8, 4) is 0 Å². The van der Waals surface area contributed by atoms with Crippen molar-refractivity contribution in [1.29, 1.82) is 0 Å². The summed E-state index contributed by atoms with van der Waals surface area (Å²) in [5.41, 5.74) is 1.14. The molecule has 0 saturated carbocycles. The van der Waals surface area contributed by atoms with Crippen LogP contribution in [0.25, 0.3) is 0 Å². The van der Waals surface area contributed by atoms with Gasteiger partial charge in [0.25, 0.3) is 0 Å². The fraction of sp³-hybridized carbons (Fsp3) is 0.500. The highest BCUT2D eigenvalue weighted by Crippen LogP contribution is 2.24. The van der Waals surface area contributed by atoms with Gasteiger partial charge in [0, 0.05) is 17.0 Å². The third-order valence-electron chi connectivity index (χ3n) is 2.95. The molecule has 1 aliphatic heterocycles. The summed E-state index contributed by atoms with van der Waals surface area (Å²) in [6, 6.07) is 7.14. The Bertz CT molecular complexity index is 493. The minimum atomic E-state index is -3.35. The molecule has 1 heterocycles. The fourth-order valence-electron chi connectivity index (χ4n) is 1.84. The highest BCUT2D eigenvalue weighted by molar-refractivity contribution is 14.1. The second-order valence-corrected chi connectivity index (χ2v) is 8.01. The highest BCUT2D eigenvalue weighted by Gasteiger charge is 2.26. The molecule has 0 bridgehead atoms. The Morgan fingerprint density at radius 1 is 1.22 bits per heavy atom. The van der Waals surface area contributed by atoms with E-state index < -0.39 is 10.0 Å². The summed E-state index contributed by atoms with van der Waals surface area (Å²) in [5, 5.41) is 0. The Morgan fingerprint density at radius 3 is 2.28 bits per heavy atom. The van der Waals surface area contributed by atoms with E-state index in [4.69, 9.17) is 4.74 Å². The topological polar surface area (TPSA) is 46.6 Å². The SMILES string of the molecule is CC(I)c1ccc(S(=O)(=O)N2CCOCC2)cc1. The third kappa shape index (κ3) is 3.04. The van der Waals surface area contributed by atoms with Crippen LogP contribution in [0.3, 0.4) is 0 Å². The zero-order valence-electron chi connectivity index (χ0n) is 10.2. The average Bonchev–Trinajstić information content (AvgIpc) is 2.40. The molecule has 1 aromatic carbocycles. The Hall–Kier alpha value is -0.180. The van der Waals surface area contributed by atoms with Gasteiger partial charge in [-0.3, -0.25) is 0 Å². The van der Waals surface area contributed by atoms with Crippen LogP contribution in [0.4, 0.5) is 0 Å². The largest absolute Gasteiger partial charge is 0.379 e. The van der Waals surface area contributed by atoms with Crippen molar-refractivity contribution in [3.63, 3.8) is 0 Å². The van der Waals surface area contributed by atoms with Crippen LogP contribution in [-0.4, -0.2) is 39.0 Å². The average molecular weight is 381 g/mol. The maximum Gasteiger partial charge on any atom is 0.243 e. The normalized spacial score (nSPS) is 19.7. The molecule has 0 N–H and O–H groups in total. The summed E-state index contributed by atoms with van der Waals surface area (Å²) >= 11 is 2.31. The molecule has 0 aliphatic carbocycles. The third-order valence-corrected chi connectivity index (χ3v) is 5.58. The van der Waals surface area contributed by atoms with Crippen LogP contribution in [0.15, 0.2) is 29.2 Å². The smallest absolute Gasteiger partial charge is 0.243 e. The molecule has 1 fully saturated rings. The predicted octanol–water partition coefficient (Wildman–Crippen LogP) is 2.20. The van der Waals surface area contributed by atoms with E-state index in [-0.39, 0.29) is 0 Å². The second kappa shape index (κ2) is 5.85. The van der Waals surface area contributed by atoms with Crippen LogP contribution in [0, 0.1) is 0 Å². The van der Waals surface area contributed by atoms with Crippen LogP contribution >= 0.6 is 22.6 Å². The molecule has 0 amide bonds. The van der Waals surface area contributed by atoms with Crippen molar-refractivity contribution in [3.05, 3.63) is 29.8 Å². The predicted molar refractivity (Wildman–Crippen MR) is 78.5 cm³/mol. The summed E-state index contributed by atoms with van der Waals surface area (Å²) < 4.78 is 31.7. The van der Waals surface area contributed by atoms with Gasteiger partial charge in [-0.05, 0) is 24.6 Å². The molecule has 18 heavy (non-hydrogen) atoms. The molecule has 6 heteroatoms. The monoisotopic (exact) mass is 381 g/mol. The molecule has 1 atom stereocenters. The van der Waals surface area contributed by atoms with E-state index in [1.165, 1.54) is 4.31 Å². The number of sulfonamides is 1. The van der Waals surface area contributed by atoms with E-state index in [1.807, 2.05) is 12.1 Å². The number of hydrogen-bond donors (Lipinski definition) is 0. The van der Waals surface area contributed by atoms with Crippen molar-refractivity contribution in [2.75, 3.05) is 26.3 Å². The molecular formula is C12H16INO3S. The molecule has 1 aromatic rings. The number of alkyl halides is 1. The lowest BCUT2D eigenvalue weighted by molar-refractivity contribution is 0.0730. The molecule has 1 aliphatic rings. The van der Waals surface area contributed by atoms with Crippen molar-refractivity contribution in [2.45, 2.75) is 15.7 Å². The molecule has 0 aromatic heterocycles. The molecule has 2 rings (SSSR count). The van der Waals surface area contributed by atoms with Gasteiger partial charge in [0.15, 0.2) is 0 Å². The van der Waals surface area contributed by atoms with Crippen LogP contribution in [-0.2, 0) is 14.8 Å². The summed E-state index contributed by atoms with van der Waals surface area (Å²) in [4.78, 5) is 0.366. The first-order chi connectivity index (χ1) is 8.51. The van der Waals surface area contributed by atoms with Crippen molar-refractivity contribution in [1.82, 2.24) is 4.31 Å². The lowest BCUT2D eigenvalue weighted by atomic mass is 10.2. The van der Waals surface area contributed by atoms with Crippen LogP contribution in [0.5, 0.6) is 0 Å². The quantitative estimate of drug-likeness (QED) is 0.596. The standard InChI is InChI=1S/C12H16INO3S/c1-10(13)11-2-4-12(5-3-11)18(15,16)14-6-8-17-9-7-14/h2-5,10H,6-9H2,1H3. The first kappa shape index (κ1) is 14.2. The summed E-state index contributed by atoms with van der Waals surface area (Å²) in [6.45, 7) is 3.90. The van der Waals surface area contributed by atoms with E-state index in [0.717, 1.165) is 5.56 Å². The first-order valence-electron chi connectivity index (χ1n) is 5.84. The number of benzene rings is 1. The molecular weight excluding hydrogens is 365 g/mol. The highest BCUT2D eigenvalue weighted by atomic mass is 127. The van der Waals surface area contributed by atoms with Crippen molar-refractivity contribution >= 4 is 32.6 Å². The van der Waals surface area contributed by atoms with E-state index in [0.29, 0.717) is 35.1 Å². The van der Waals surface area contributed by atoms with Gasteiger partial charge < -0.3 is 4.74 Å². The zero-order chi connectivity index (χ0) is 13.2. The van der Waals surface area contributed by atoms with Gasteiger partial charge in [0.2, 0.25) is 10.0 Å². The first-order valence-corrected chi connectivity index (χ1v) is 8.52. The van der Waals surface area contributed by atoms with Gasteiger partial charge in [-0.25, -0.2) is 8.42 Å². The Kier molecular flexibility index (Phi) is 4.63. The van der Waals surface area contributed by atoms with Crippen molar-refractivity contribution in [2.24, 2.45) is 0 Å². The summed E-state index contributed by atoms with van der Waals surface area (Å²) in [5.74, 6) is 0. The maximum absolute atomic E-state index is 12.3. The van der Waals surface area contributed by atoms with Crippen molar-refractivity contribution < 1.29 is 13.2 Å². The van der Waals surface area contributed by atoms with Gasteiger partial charge >= 0.3 is 0 Å². The van der Waals surface area contributed by atoms with E-state index in [9.17, 15) is 8.42 Å². The lowest BCUT2D eigenvalue weighted by Gasteiger charge is -2.26. The van der Waals surface area contributed by atoms with Crippen LogP contribution in [0.2, 0.25) is 0 Å². The molecule has 0 radical (unpaired) electrons. The molecule has 1 unspecified atom stereocenters. The number of rotatable bonds is 3. The lowest BCUT2D eigenvalue weighted by Crippen LogP contribution is -2.40. The molecule has 0 spiro atoms.